The summed E-state index contributed by atoms with van der Waals surface area (Å²) in [5.74, 6) is -3.27. The normalized spacial score (nSPS) is 15.0. The van der Waals surface area contributed by atoms with Crippen LogP contribution < -0.4 is 21.7 Å². The lowest BCUT2D eigenvalue weighted by molar-refractivity contribution is -0.155. The number of amides is 3. The van der Waals surface area contributed by atoms with E-state index in [4.69, 9.17) is 57.2 Å². The van der Waals surface area contributed by atoms with Crippen molar-refractivity contribution >= 4 is 123 Å². The average Bonchev–Trinajstić information content (AvgIpc) is 3.33. The van der Waals surface area contributed by atoms with Gasteiger partial charge in [-0.3, -0.25) is 24.0 Å². The van der Waals surface area contributed by atoms with Gasteiger partial charge in [-0.15, -0.1) is 0 Å². The Morgan fingerprint density at radius 3 is 1.43 bits per heavy atom. The predicted octanol–water partition coefficient (Wildman–Crippen LogP) is 10.1. The zero-order valence-electron chi connectivity index (χ0n) is 42.8. The number of benzene rings is 4. The maximum Gasteiger partial charge on any atom is 0.326 e. The van der Waals surface area contributed by atoms with Crippen LogP contribution >= 0.6 is 57.2 Å². The monoisotopic (exact) mass is 1200 g/mol. The highest BCUT2D eigenvalue weighted by atomic mass is 35.5. The number of nitrogens with one attached hydrogen (secondary N) is 3. The first-order valence-electron chi connectivity index (χ1n) is 24.5. The zero-order chi connectivity index (χ0) is 57.1. The van der Waals surface area contributed by atoms with Crippen LogP contribution in [0.2, 0.25) is 20.1 Å². The van der Waals surface area contributed by atoms with Gasteiger partial charge in [0, 0.05) is 35.2 Å². The van der Waals surface area contributed by atoms with Crippen LogP contribution in [0.5, 0.6) is 0 Å². The number of hydrogen-bond donors (Lipinski definition) is 6. The first-order chi connectivity index (χ1) is 36.2. The number of carbonyl (C=O) groups is 6. The second-order valence-electron chi connectivity index (χ2n) is 18.9. The number of carboxylic acid groups (broad SMARTS) is 2. The van der Waals surface area contributed by atoms with Gasteiger partial charge >= 0.3 is 17.9 Å². The minimum absolute atomic E-state index is 0.0653. The van der Waals surface area contributed by atoms with E-state index in [0.717, 1.165) is 42.0 Å². The molecule has 2 aliphatic carbocycles. The summed E-state index contributed by atoms with van der Waals surface area (Å²) in [6, 6.07) is 21.4. The van der Waals surface area contributed by atoms with Gasteiger partial charge in [-0.2, -0.15) is 0 Å². The molecule has 7 N–H and O–H groups in total. The first-order valence-corrected chi connectivity index (χ1v) is 31.5. The summed E-state index contributed by atoms with van der Waals surface area (Å²) in [6.45, 7) is 0. The molecular weight excluding hydrogens is 1140 g/mol. The van der Waals surface area contributed by atoms with Gasteiger partial charge in [0.1, 0.15) is 21.9 Å². The highest BCUT2D eigenvalue weighted by Crippen LogP contribution is 2.46. The summed E-state index contributed by atoms with van der Waals surface area (Å²) >= 11 is 24.2. The van der Waals surface area contributed by atoms with Crippen molar-refractivity contribution in [1.82, 2.24) is 5.32 Å². The molecule has 4 aromatic rings. The van der Waals surface area contributed by atoms with Crippen molar-refractivity contribution in [3.63, 3.8) is 0 Å². The smallest absolute Gasteiger partial charge is 0.326 e. The van der Waals surface area contributed by atoms with Crippen LogP contribution in [0.3, 0.4) is 0 Å². The summed E-state index contributed by atoms with van der Waals surface area (Å²) in [7, 11) is -3.87. The standard InChI is InChI=1S/C26H30Cl2N2O6S.C17H16Cl2N2O3.C10H18O4S2/c1-37(35,36)15-3-2-12-26(13-5-14-26)25(34)30-21(24(32)33)16-17-8-10-18(11-9-17)29-23(31)22-19(27)6-4-7-20(22)28;1-24-17(23)14(20)9-10-5-7-11(8-6-10)21-16(22)15-12(18)3-2-4-13(15)19;1-15-16(13,14)8-3-2-5-10(9(11)12)6-4-7-10/h4,6-11,21H,2-3,5,12-16H2,1H3,(H,29,31)(H,30,34)(H,32,33);2-8,14H,9,20H2,1H3,(H,21,22);2-8H2,1H3,(H,11,12). The summed E-state index contributed by atoms with van der Waals surface area (Å²) < 4.78 is 49.7. The van der Waals surface area contributed by atoms with Crippen molar-refractivity contribution in [1.29, 1.82) is 0 Å². The second-order valence-corrected chi connectivity index (χ2v) is 27.2. The van der Waals surface area contributed by atoms with E-state index in [2.05, 4.69) is 20.7 Å². The topological polar surface area (TPSA) is 282 Å². The van der Waals surface area contributed by atoms with E-state index in [9.17, 15) is 50.7 Å². The van der Waals surface area contributed by atoms with Crippen LogP contribution in [0.4, 0.5) is 11.4 Å². The van der Waals surface area contributed by atoms with E-state index in [0.29, 0.717) is 74.7 Å². The number of rotatable bonds is 24. The Morgan fingerprint density at radius 1 is 0.649 bits per heavy atom. The Hall–Kier alpha value is -4.93. The van der Waals surface area contributed by atoms with Crippen LogP contribution in [0.15, 0.2) is 84.9 Å². The van der Waals surface area contributed by atoms with Gasteiger partial charge in [-0.1, -0.05) is 108 Å². The number of ether oxygens (including phenoxy) is 1. The van der Waals surface area contributed by atoms with Crippen molar-refractivity contribution in [3.05, 3.63) is 127 Å². The third-order valence-electron chi connectivity index (χ3n) is 13.3. The summed E-state index contributed by atoms with van der Waals surface area (Å²) in [5, 5.41) is 27.9. The van der Waals surface area contributed by atoms with E-state index < -0.39 is 71.3 Å². The number of carboxylic acids is 2. The number of unbranched alkanes of at least 4 members (excludes halogenated alkanes) is 2. The van der Waals surface area contributed by atoms with Gasteiger partial charge in [0.15, 0.2) is 0 Å². The van der Waals surface area contributed by atoms with Crippen molar-refractivity contribution in [2.24, 2.45) is 16.6 Å². The van der Waals surface area contributed by atoms with Gasteiger partial charge in [-0.05, 0) is 134 Å². The molecule has 2 saturated carbocycles. The van der Waals surface area contributed by atoms with Crippen LogP contribution in [-0.4, -0.2) is 106 Å². The largest absolute Gasteiger partial charge is 0.481 e. The van der Waals surface area contributed by atoms with Gasteiger partial charge in [0.2, 0.25) is 14.8 Å². The van der Waals surface area contributed by atoms with Crippen molar-refractivity contribution < 1.29 is 60.6 Å². The molecule has 6 rings (SSSR count). The van der Waals surface area contributed by atoms with Crippen LogP contribution in [0.1, 0.15) is 109 Å². The lowest BCUT2D eigenvalue weighted by atomic mass is 9.65. The molecule has 2 aliphatic rings. The van der Waals surface area contributed by atoms with Crippen molar-refractivity contribution in [3.8, 4) is 0 Å². The summed E-state index contributed by atoms with van der Waals surface area (Å²) in [6.07, 6.45) is 11.3. The third kappa shape index (κ3) is 20.0. The van der Waals surface area contributed by atoms with Crippen molar-refractivity contribution in [2.45, 2.75) is 102 Å². The quantitative estimate of drug-likeness (QED) is 0.0216. The van der Waals surface area contributed by atoms with Gasteiger partial charge < -0.3 is 36.6 Å². The number of aliphatic carboxylic acids is 2. The zero-order valence-corrected chi connectivity index (χ0v) is 48.2. The van der Waals surface area contributed by atoms with E-state index in [1.165, 1.54) is 13.4 Å². The molecule has 24 heteroatoms. The molecule has 2 fully saturated rings. The molecule has 4 aromatic carbocycles. The minimum atomic E-state index is -3.06. The Labute approximate surface area is 473 Å². The fraction of sp³-hybridized carbons (Fsp3) is 0.434. The molecule has 0 bridgehead atoms. The molecule has 2 unspecified atom stereocenters. The third-order valence-corrected chi connectivity index (χ3v) is 18.9. The molecule has 3 amide bonds. The van der Waals surface area contributed by atoms with Gasteiger partial charge in [-0.25, -0.2) is 21.6 Å². The average molecular weight is 1200 g/mol. The summed E-state index contributed by atoms with van der Waals surface area (Å²) in [5.41, 5.74) is 7.48. The Morgan fingerprint density at radius 2 is 1.06 bits per heavy atom. The number of carbonyl (C=O) groups excluding carboxylic acids is 4. The number of halogens is 4. The number of methoxy groups -OCH3 is 1. The molecule has 0 heterocycles. The van der Waals surface area contributed by atoms with Crippen LogP contribution in [0.25, 0.3) is 0 Å². The second kappa shape index (κ2) is 29.9. The Balaban J connectivity index is 0.000000273. The molecule has 77 heavy (non-hydrogen) atoms. The summed E-state index contributed by atoms with van der Waals surface area (Å²) in [4.78, 5) is 72.2. The highest BCUT2D eigenvalue weighted by Gasteiger charge is 2.45. The molecule has 0 radical (unpaired) electrons. The number of esters is 1. The number of sulfone groups is 1. The first kappa shape index (κ1) is 64.6. The number of nitrogens with two attached hydrogens (primary N) is 1. The van der Waals surface area contributed by atoms with Crippen LogP contribution in [0, 0.1) is 10.8 Å². The van der Waals surface area contributed by atoms with E-state index in [1.54, 1.807) is 91.2 Å². The van der Waals surface area contributed by atoms with Crippen molar-refractivity contribution in [2.75, 3.05) is 41.8 Å². The maximum atomic E-state index is 13.0. The lowest BCUT2D eigenvalue weighted by Crippen LogP contribution is -2.52. The van der Waals surface area contributed by atoms with Gasteiger partial charge in [0.25, 0.3) is 11.8 Å². The molecule has 0 saturated heterocycles. The highest BCUT2D eigenvalue weighted by molar-refractivity contribution is 8.71. The maximum absolute atomic E-state index is 13.0. The molecule has 0 aromatic heterocycles. The molecule has 0 aliphatic heterocycles. The Bertz CT molecular complexity index is 2900. The molecule has 17 nitrogen and oxygen atoms in total. The lowest BCUT2D eigenvalue weighted by Gasteiger charge is -2.41. The number of anilines is 2. The van der Waals surface area contributed by atoms with Crippen LogP contribution in [-0.2, 0) is 55.5 Å². The minimum Gasteiger partial charge on any atom is -0.481 e. The Kier molecular flexibility index (Phi) is 25.1. The van der Waals surface area contributed by atoms with E-state index in [-0.39, 0.29) is 55.1 Å². The fourth-order valence-corrected chi connectivity index (χ4v) is 12.0. The molecular formula is C53H64Cl4N4O13S3. The molecule has 2 atom stereocenters. The van der Waals surface area contributed by atoms with E-state index in [1.807, 2.05) is 0 Å². The van der Waals surface area contributed by atoms with Gasteiger partial charge in [0.05, 0.1) is 49.5 Å². The predicted molar refractivity (Wildman–Crippen MR) is 304 cm³/mol. The molecule has 0 spiro atoms. The van der Waals surface area contributed by atoms with E-state index >= 15 is 0 Å². The molecule has 420 valence electrons. The SMILES string of the molecule is COC(=O)C(N)Cc1ccc(NC(=O)c2c(Cl)cccc2Cl)cc1.CS(=O)(=O)CCCCC1(C(=O)NC(Cc2ccc(NC(=O)c3c(Cl)cccc3Cl)cc2)C(=O)O)CCC1.CSS(=O)(=O)CCCCC1(C(=O)O)CCC1. The fourth-order valence-electron chi connectivity index (χ4n) is 8.52. The number of hydrogen-bond acceptors (Lipinski definition) is 13.